The van der Waals surface area contributed by atoms with Crippen LogP contribution in [0.1, 0.15) is 37.7 Å². The predicted molar refractivity (Wildman–Crippen MR) is 93.1 cm³/mol. The molecule has 2 saturated heterocycles. The van der Waals surface area contributed by atoms with Crippen LogP contribution in [0.2, 0.25) is 0 Å². The van der Waals surface area contributed by atoms with Gasteiger partial charge < -0.3 is 15.2 Å². The molecule has 1 unspecified atom stereocenters. The number of benzene rings is 1. The van der Waals surface area contributed by atoms with Crippen molar-refractivity contribution in [3.63, 3.8) is 0 Å². The number of aryl methyl sites for hydroxylation is 1. The van der Waals surface area contributed by atoms with Crippen molar-refractivity contribution in [3.05, 3.63) is 29.8 Å². The van der Waals surface area contributed by atoms with Gasteiger partial charge in [0, 0.05) is 12.1 Å². The molecular formula is C19H28N2O3. The maximum atomic E-state index is 12.1. The van der Waals surface area contributed by atoms with Gasteiger partial charge >= 0.3 is 0 Å². The fourth-order valence-electron chi connectivity index (χ4n) is 4.13. The van der Waals surface area contributed by atoms with Crippen LogP contribution in [0.25, 0.3) is 0 Å². The van der Waals surface area contributed by atoms with Crippen LogP contribution in [0.5, 0.6) is 5.75 Å². The molecule has 24 heavy (non-hydrogen) atoms. The van der Waals surface area contributed by atoms with Crippen LogP contribution in [-0.4, -0.2) is 53.8 Å². The number of rotatable bonds is 7. The smallest absolute Gasteiger partial charge is 0.252 e. The van der Waals surface area contributed by atoms with Crippen molar-refractivity contribution in [2.24, 2.45) is 0 Å². The van der Waals surface area contributed by atoms with E-state index in [0.29, 0.717) is 17.8 Å². The van der Waals surface area contributed by atoms with Crippen LogP contribution in [0.15, 0.2) is 24.3 Å². The number of para-hydroxylation sites is 1. The molecule has 1 atom stereocenters. The second-order valence-electron chi connectivity index (χ2n) is 7.05. The predicted octanol–water partition coefficient (Wildman–Crippen LogP) is 1.87. The minimum absolute atomic E-state index is 0.0199. The highest BCUT2D eigenvalue weighted by molar-refractivity contribution is 5.80. The second kappa shape index (κ2) is 7.53. The zero-order valence-corrected chi connectivity index (χ0v) is 14.5. The van der Waals surface area contributed by atoms with Gasteiger partial charge in [-0.2, -0.15) is 0 Å². The van der Waals surface area contributed by atoms with Crippen molar-refractivity contribution < 1.29 is 14.6 Å². The first-order chi connectivity index (χ1) is 11.6. The number of ether oxygens (including phenoxy) is 1. The van der Waals surface area contributed by atoms with E-state index < -0.39 is 6.10 Å². The Morgan fingerprint density at radius 3 is 2.75 bits per heavy atom. The number of nitrogens with one attached hydrogen (secondary N) is 1. The summed E-state index contributed by atoms with van der Waals surface area (Å²) in [6.07, 6.45) is 4.85. The molecule has 3 rings (SSSR count). The highest BCUT2D eigenvalue weighted by Crippen LogP contribution is 2.40. The lowest BCUT2D eigenvalue weighted by molar-refractivity contribution is -0.130. The average Bonchev–Trinajstić information content (AvgIpc) is 3.13. The Kier molecular flexibility index (Phi) is 5.41. The topological polar surface area (TPSA) is 61.8 Å². The van der Waals surface area contributed by atoms with Gasteiger partial charge in [0.2, 0.25) is 0 Å². The molecule has 0 saturated carbocycles. The van der Waals surface area contributed by atoms with Crippen LogP contribution >= 0.6 is 0 Å². The van der Waals surface area contributed by atoms with Crippen LogP contribution in [0.3, 0.4) is 0 Å². The summed E-state index contributed by atoms with van der Waals surface area (Å²) in [5.74, 6) is 0.360. The molecule has 0 spiro atoms. The number of carbonyl (C=O) groups excluding carboxylic acids is 1. The van der Waals surface area contributed by atoms with E-state index in [0.717, 1.165) is 12.0 Å². The first-order valence-electron chi connectivity index (χ1n) is 9.00. The summed E-state index contributed by atoms with van der Waals surface area (Å²) in [7, 11) is 0. The molecule has 2 fully saturated rings. The maximum absolute atomic E-state index is 12.1. The Bertz CT molecular complexity index is 565. The Balaban J connectivity index is 1.41. The van der Waals surface area contributed by atoms with Crippen molar-refractivity contribution in [3.8, 4) is 5.75 Å². The van der Waals surface area contributed by atoms with Gasteiger partial charge in [-0.05, 0) is 63.7 Å². The molecule has 0 aliphatic carbocycles. The average molecular weight is 332 g/mol. The monoisotopic (exact) mass is 332 g/mol. The Labute approximate surface area is 144 Å². The molecular weight excluding hydrogens is 304 g/mol. The fraction of sp³-hybridized carbons (Fsp3) is 0.632. The van der Waals surface area contributed by atoms with E-state index in [1.165, 1.54) is 38.8 Å². The fourth-order valence-corrected chi connectivity index (χ4v) is 4.13. The highest BCUT2D eigenvalue weighted by atomic mass is 16.5. The minimum Gasteiger partial charge on any atom is -0.490 e. The number of carbonyl (C=O) groups is 1. The summed E-state index contributed by atoms with van der Waals surface area (Å²) in [5.41, 5.74) is 1.29. The number of aliphatic hydroxyl groups is 1. The van der Waals surface area contributed by atoms with Crippen molar-refractivity contribution in [2.75, 3.05) is 26.2 Å². The SMILES string of the molecule is Cc1ccccc1OCC(O)C(=O)NCCC12CCCN1CCC2. The maximum Gasteiger partial charge on any atom is 0.252 e. The lowest BCUT2D eigenvalue weighted by Crippen LogP contribution is -2.44. The van der Waals surface area contributed by atoms with Gasteiger partial charge in [-0.25, -0.2) is 0 Å². The standard InChI is InChI=1S/C19H28N2O3/c1-15-6-2-3-7-17(15)24-14-16(22)18(23)20-11-10-19-8-4-12-21(19)13-5-9-19/h2-3,6-7,16,22H,4-5,8-14H2,1H3,(H,20,23). The molecule has 2 N–H and O–H groups in total. The molecule has 0 bridgehead atoms. The molecule has 1 amide bonds. The summed E-state index contributed by atoms with van der Waals surface area (Å²) in [4.78, 5) is 14.6. The summed E-state index contributed by atoms with van der Waals surface area (Å²) < 4.78 is 5.55. The number of aliphatic hydroxyl groups excluding tert-OH is 1. The molecule has 2 heterocycles. The van der Waals surface area contributed by atoms with E-state index in [4.69, 9.17) is 4.74 Å². The normalized spacial score (nSPS) is 20.6. The van der Waals surface area contributed by atoms with Gasteiger partial charge in [-0.1, -0.05) is 18.2 Å². The molecule has 0 aromatic heterocycles. The Morgan fingerprint density at radius 2 is 2.04 bits per heavy atom. The van der Waals surface area contributed by atoms with Crippen LogP contribution in [-0.2, 0) is 4.79 Å². The van der Waals surface area contributed by atoms with Crippen molar-refractivity contribution in [1.82, 2.24) is 10.2 Å². The minimum atomic E-state index is -1.13. The number of hydrogen-bond donors (Lipinski definition) is 2. The zero-order valence-electron chi connectivity index (χ0n) is 14.5. The third-order valence-electron chi connectivity index (χ3n) is 5.49. The van der Waals surface area contributed by atoms with Crippen molar-refractivity contribution >= 4 is 5.91 Å². The summed E-state index contributed by atoms with van der Waals surface area (Å²) >= 11 is 0. The Morgan fingerprint density at radius 1 is 1.33 bits per heavy atom. The third-order valence-corrected chi connectivity index (χ3v) is 5.49. The van der Waals surface area contributed by atoms with Crippen LogP contribution in [0.4, 0.5) is 0 Å². The first kappa shape index (κ1) is 17.2. The summed E-state index contributed by atoms with van der Waals surface area (Å²) in [6.45, 7) is 4.93. The van der Waals surface area contributed by atoms with E-state index in [-0.39, 0.29) is 12.5 Å². The van der Waals surface area contributed by atoms with Gasteiger partial charge in [0.05, 0.1) is 0 Å². The number of amides is 1. The van der Waals surface area contributed by atoms with Gasteiger partial charge in [0.1, 0.15) is 12.4 Å². The number of nitrogens with zero attached hydrogens (tertiary/aromatic N) is 1. The van der Waals surface area contributed by atoms with Crippen molar-refractivity contribution in [2.45, 2.75) is 50.7 Å². The largest absolute Gasteiger partial charge is 0.490 e. The molecule has 1 aromatic carbocycles. The van der Waals surface area contributed by atoms with Gasteiger partial charge in [-0.3, -0.25) is 9.69 Å². The van der Waals surface area contributed by atoms with Crippen LogP contribution < -0.4 is 10.1 Å². The molecule has 1 aromatic rings. The summed E-state index contributed by atoms with van der Waals surface area (Å²) in [6, 6.07) is 7.59. The molecule has 5 nitrogen and oxygen atoms in total. The molecule has 2 aliphatic rings. The van der Waals surface area contributed by atoms with Crippen molar-refractivity contribution in [1.29, 1.82) is 0 Å². The van der Waals surface area contributed by atoms with Crippen LogP contribution in [0, 0.1) is 6.92 Å². The molecule has 132 valence electrons. The molecule has 5 heteroatoms. The van der Waals surface area contributed by atoms with E-state index in [1.807, 2.05) is 31.2 Å². The van der Waals surface area contributed by atoms with Gasteiger partial charge in [0.25, 0.3) is 5.91 Å². The van der Waals surface area contributed by atoms with Gasteiger partial charge in [0.15, 0.2) is 6.10 Å². The Hall–Kier alpha value is -1.59. The molecule has 0 radical (unpaired) electrons. The second-order valence-corrected chi connectivity index (χ2v) is 7.05. The molecule has 2 aliphatic heterocycles. The van der Waals surface area contributed by atoms with Gasteiger partial charge in [-0.15, -0.1) is 0 Å². The van der Waals surface area contributed by atoms with E-state index in [9.17, 15) is 9.90 Å². The summed E-state index contributed by atoms with van der Waals surface area (Å²) in [5, 5.41) is 12.9. The lowest BCUT2D eigenvalue weighted by atomic mass is 9.90. The van der Waals surface area contributed by atoms with E-state index in [2.05, 4.69) is 10.2 Å². The quantitative estimate of drug-likeness (QED) is 0.800. The zero-order chi connectivity index (χ0) is 17.0. The lowest BCUT2D eigenvalue weighted by Gasteiger charge is -2.32. The van der Waals surface area contributed by atoms with E-state index >= 15 is 0 Å². The number of hydrogen-bond acceptors (Lipinski definition) is 4. The first-order valence-corrected chi connectivity index (χ1v) is 9.00. The number of fused-ring (bicyclic) bond motifs is 1. The van der Waals surface area contributed by atoms with E-state index in [1.54, 1.807) is 0 Å². The highest BCUT2D eigenvalue weighted by Gasteiger charge is 2.43. The third kappa shape index (κ3) is 3.73.